The summed E-state index contributed by atoms with van der Waals surface area (Å²) in [5.74, 6) is 0.0645. The first-order chi connectivity index (χ1) is 9.49. The van der Waals surface area contributed by atoms with Gasteiger partial charge in [0.1, 0.15) is 16.0 Å². The molecule has 6 heteroatoms. The van der Waals surface area contributed by atoms with Crippen molar-refractivity contribution in [2.24, 2.45) is 11.1 Å². The SMILES string of the molecule is CCOC(C)c1ncc(C(=O)N2CCC(C)(CN)C2)s1. The van der Waals surface area contributed by atoms with E-state index in [9.17, 15) is 4.79 Å². The molecule has 1 aliphatic rings. The number of amides is 1. The first-order valence-electron chi connectivity index (χ1n) is 7.06. The summed E-state index contributed by atoms with van der Waals surface area (Å²) in [6.45, 7) is 8.82. The Morgan fingerprint density at radius 3 is 3.05 bits per heavy atom. The minimum Gasteiger partial charge on any atom is -0.372 e. The smallest absolute Gasteiger partial charge is 0.265 e. The monoisotopic (exact) mass is 297 g/mol. The van der Waals surface area contributed by atoms with Crippen molar-refractivity contribution in [1.82, 2.24) is 9.88 Å². The first-order valence-corrected chi connectivity index (χ1v) is 7.87. The zero-order valence-electron chi connectivity index (χ0n) is 12.4. The van der Waals surface area contributed by atoms with Gasteiger partial charge in [-0.3, -0.25) is 4.79 Å². The van der Waals surface area contributed by atoms with Gasteiger partial charge in [0.15, 0.2) is 0 Å². The minimum atomic E-state index is -0.0561. The van der Waals surface area contributed by atoms with E-state index in [0.717, 1.165) is 24.5 Å². The lowest BCUT2D eigenvalue weighted by Gasteiger charge is -2.22. The molecular weight excluding hydrogens is 274 g/mol. The van der Waals surface area contributed by atoms with Gasteiger partial charge < -0.3 is 15.4 Å². The summed E-state index contributed by atoms with van der Waals surface area (Å²) in [4.78, 5) is 19.3. The Hall–Kier alpha value is -0.980. The maximum Gasteiger partial charge on any atom is 0.265 e. The average Bonchev–Trinajstić information content (AvgIpc) is 3.06. The third kappa shape index (κ3) is 3.19. The topological polar surface area (TPSA) is 68.5 Å². The van der Waals surface area contributed by atoms with Gasteiger partial charge in [-0.15, -0.1) is 11.3 Å². The van der Waals surface area contributed by atoms with Crippen LogP contribution in [0.15, 0.2) is 6.20 Å². The van der Waals surface area contributed by atoms with E-state index < -0.39 is 0 Å². The van der Waals surface area contributed by atoms with Gasteiger partial charge >= 0.3 is 0 Å². The van der Waals surface area contributed by atoms with Crippen molar-refractivity contribution in [3.8, 4) is 0 Å². The molecule has 0 saturated carbocycles. The molecule has 2 atom stereocenters. The molecular formula is C14H23N3O2S. The summed E-state index contributed by atoms with van der Waals surface area (Å²) < 4.78 is 5.50. The molecule has 0 aliphatic carbocycles. The fourth-order valence-corrected chi connectivity index (χ4v) is 3.30. The van der Waals surface area contributed by atoms with Crippen molar-refractivity contribution < 1.29 is 9.53 Å². The van der Waals surface area contributed by atoms with Crippen LogP contribution in [0.3, 0.4) is 0 Å². The van der Waals surface area contributed by atoms with E-state index >= 15 is 0 Å². The molecule has 0 bridgehead atoms. The summed E-state index contributed by atoms with van der Waals surface area (Å²) >= 11 is 1.43. The molecule has 5 nitrogen and oxygen atoms in total. The van der Waals surface area contributed by atoms with Gasteiger partial charge in [0.2, 0.25) is 0 Å². The number of hydrogen-bond donors (Lipinski definition) is 1. The maximum absolute atomic E-state index is 12.5. The number of thiazole rings is 1. The molecule has 1 aromatic heterocycles. The van der Waals surface area contributed by atoms with Crippen molar-refractivity contribution in [2.45, 2.75) is 33.3 Å². The zero-order chi connectivity index (χ0) is 14.8. The van der Waals surface area contributed by atoms with E-state index in [1.54, 1.807) is 6.20 Å². The molecule has 1 fully saturated rings. The zero-order valence-corrected chi connectivity index (χ0v) is 13.2. The van der Waals surface area contributed by atoms with E-state index in [4.69, 9.17) is 10.5 Å². The molecule has 2 unspecified atom stereocenters. The molecule has 2 rings (SSSR count). The summed E-state index contributed by atoms with van der Waals surface area (Å²) in [7, 11) is 0. The molecule has 20 heavy (non-hydrogen) atoms. The molecule has 1 aromatic rings. The second kappa shape index (κ2) is 6.20. The van der Waals surface area contributed by atoms with Gasteiger partial charge in [0.05, 0.1) is 6.20 Å². The quantitative estimate of drug-likeness (QED) is 0.903. The lowest BCUT2D eigenvalue weighted by Crippen LogP contribution is -2.34. The first kappa shape index (κ1) is 15.4. The van der Waals surface area contributed by atoms with E-state index in [2.05, 4.69) is 11.9 Å². The van der Waals surface area contributed by atoms with Gasteiger partial charge in [-0.1, -0.05) is 6.92 Å². The molecule has 1 aliphatic heterocycles. The predicted molar refractivity (Wildman–Crippen MR) is 79.8 cm³/mol. The lowest BCUT2D eigenvalue weighted by atomic mass is 9.90. The van der Waals surface area contributed by atoms with E-state index in [-0.39, 0.29) is 17.4 Å². The second-order valence-electron chi connectivity index (χ2n) is 5.65. The largest absolute Gasteiger partial charge is 0.372 e. The number of aromatic nitrogens is 1. The van der Waals surface area contributed by atoms with E-state index in [1.165, 1.54) is 11.3 Å². The van der Waals surface area contributed by atoms with Gasteiger partial charge in [0, 0.05) is 19.7 Å². The maximum atomic E-state index is 12.5. The highest BCUT2D eigenvalue weighted by Crippen LogP contribution is 2.31. The van der Waals surface area contributed by atoms with Gasteiger partial charge in [-0.05, 0) is 32.2 Å². The molecule has 2 heterocycles. The van der Waals surface area contributed by atoms with E-state index in [0.29, 0.717) is 18.0 Å². The molecule has 2 N–H and O–H groups in total. The molecule has 112 valence electrons. The third-order valence-electron chi connectivity index (χ3n) is 3.84. The van der Waals surface area contributed by atoms with Crippen LogP contribution < -0.4 is 5.73 Å². The number of ether oxygens (including phenoxy) is 1. The number of nitrogens with two attached hydrogens (primary N) is 1. The minimum absolute atomic E-state index is 0.0561. The number of likely N-dealkylation sites (tertiary alicyclic amines) is 1. The molecule has 0 radical (unpaired) electrons. The summed E-state index contributed by atoms with van der Waals surface area (Å²) in [6.07, 6.45) is 2.58. The fraction of sp³-hybridized carbons (Fsp3) is 0.714. The molecule has 0 spiro atoms. The van der Waals surface area contributed by atoms with Crippen molar-refractivity contribution in [2.75, 3.05) is 26.2 Å². The van der Waals surface area contributed by atoms with Crippen LogP contribution in [-0.4, -0.2) is 42.0 Å². The van der Waals surface area contributed by atoms with Crippen LogP contribution in [0.4, 0.5) is 0 Å². The van der Waals surface area contributed by atoms with Crippen molar-refractivity contribution >= 4 is 17.2 Å². The normalized spacial score (nSPS) is 24.1. The lowest BCUT2D eigenvalue weighted by molar-refractivity contribution is 0.0762. The van der Waals surface area contributed by atoms with Gasteiger partial charge in [-0.25, -0.2) is 4.98 Å². The number of carbonyl (C=O) groups excluding carboxylic acids is 1. The molecule has 1 amide bonds. The second-order valence-corrected chi connectivity index (χ2v) is 6.71. The van der Waals surface area contributed by atoms with Crippen molar-refractivity contribution in [1.29, 1.82) is 0 Å². The number of rotatable bonds is 5. The Labute approximate surface area is 124 Å². The van der Waals surface area contributed by atoms with Gasteiger partial charge in [-0.2, -0.15) is 0 Å². The highest BCUT2D eigenvalue weighted by molar-refractivity contribution is 7.13. The Bertz CT molecular complexity index is 477. The summed E-state index contributed by atoms with van der Waals surface area (Å²) in [5, 5.41) is 0.857. The Balaban J connectivity index is 2.04. The third-order valence-corrected chi connectivity index (χ3v) is 4.98. The predicted octanol–water partition coefficient (Wildman–Crippen LogP) is 2.05. The van der Waals surface area contributed by atoms with Crippen molar-refractivity contribution in [3.05, 3.63) is 16.1 Å². The van der Waals surface area contributed by atoms with Crippen LogP contribution in [0.1, 0.15) is 48.0 Å². The van der Waals surface area contributed by atoms with Crippen LogP contribution in [0.25, 0.3) is 0 Å². The van der Waals surface area contributed by atoms with Crippen molar-refractivity contribution in [3.63, 3.8) is 0 Å². The Morgan fingerprint density at radius 1 is 1.70 bits per heavy atom. The number of hydrogen-bond acceptors (Lipinski definition) is 5. The molecule has 0 aromatic carbocycles. The highest BCUT2D eigenvalue weighted by atomic mass is 32.1. The summed E-state index contributed by atoms with van der Waals surface area (Å²) in [5.41, 5.74) is 5.84. The Morgan fingerprint density at radius 2 is 2.45 bits per heavy atom. The highest BCUT2D eigenvalue weighted by Gasteiger charge is 2.35. The van der Waals surface area contributed by atoms with Crippen LogP contribution >= 0.6 is 11.3 Å². The number of nitrogens with zero attached hydrogens (tertiary/aromatic N) is 2. The van der Waals surface area contributed by atoms with Crippen LogP contribution in [0, 0.1) is 5.41 Å². The average molecular weight is 297 g/mol. The molecule has 1 saturated heterocycles. The van der Waals surface area contributed by atoms with Crippen LogP contribution in [0.2, 0.25) is 0 Å². The van der Waals surface area contributed by atoms with Crippen LogP contribution in [-0.2, 0) is 4.74 Å². The summed E-state index contributed by atoms with van der Waals surface area (Å²) in [6, 6.07) is 0. The fourth-order valence-electron chi connectivity index (χ4n) is 2.42. The standard InChI is InChI=1S/C14H23N3O2S/c1-4-19-10(2)12-16-7-11(20-12)13(18)17-6-5-14(3,8-15)9-17/h7,10H,4-6,8-9,15H2,1-3H3. The van der Waals surface area contributed by atoms with Gasteiger partial charge in [0.25, 0.3) is 5.91 Å². The van der Waals surface area contributed by atoms with Crippen LogP contribution in [0.5, 0.6) is 0 Å². The van der Waals surface area contributed by atoms with E-state index in [1.807, 2.05) is 18.7 Å². The Kier molecular flexibility index (Phi) is 4.78. The number of carbonyl (C=O) groups is 1.